The Kier molecular flexibility index (Phi) is 6.77. The average molecular weight is 216 g/mol. The summed E-state index contributed by atoms with van der Waals surface area (Å²) in [6.45, 7) is 4.37. The molecule has 0 amide bonds. The molecule has 0 saturated carbocycles. The van der Waals surface area contributed by atoms with Gasteiger partial charge in [0, 0.05) is 28.9 Å². The van der Waals surface area contributed by atoms with Crippen molar-refractivity contribution in [2.24, 2.45) is 11.1 Å². The Balaban J connectivity index is 3.48. The molecular formula is C10H20N2OS. The number of hydrogen-bond donors (Lipinski definition) is 1. The van der Waals surface area contributed by atoms with Crippen molar-refractivity contribution in [2.45, 2.75) is 33.1 Å². The number of hydrogen-bond acceptors (Lipinski definition) is 3. The molecule has 0 heterocycles. The van der Waals surface area contributed by atoms with Crippen LogP contribution in [0.4, 0.5) is 0 Å². The predicted octanol–water partition coefficient (Wildman–Crippen LogP) is 1.41. The predicted molar refractivity (Wildman–Crippen MR) is 60.2 cm³/mol. The Morgan fingerprint density at radius 1 is 1.36 bits per heavy atom. The molecule has 0 radical (unpaired) electrons. The van der Waals surface area contributed by atoms with Gasteiger partial charge >= 0.3 is 0 Å². The van der Waals surface area contributed by atoms with Crippen LogP contribution in [0.1, 0.15) is 33.1 Å². The molecule has 0 aromatic carbocycles. The lowest BCUT2D eigenvalue weighted by atomic mass is 9.89. The van der Waals surface area contributed by atoms with Crippen LogP contribution in [0.25, 0.3) is 0 Å². The summed E-state index contributed by atoms with van der Waals surface area (Å²) >= 11 is 0. The van der Waals surface area contributed by atoms with Crippen LogP contribution in [-0.2, 0) is 10.8 Å². The molecule has 14 heavy (non-hydrogen) atoms. The zero-order chi connectivity index (χ0) is 11.0. The molecule has 0 spiro atoms. The van der Waals surface area contributed by atoms with E-state index in [1.54, 1.807) is 0 Å². The quantitative estimate of drug-likeness (QED) is 0.654. The fourth-order valence-corrected chi connectivity index (χ4v) is 2.11. The van der Waals surface area contributed by atoms with E-state index in [0.29, 0.717) is 12.3 Å². The van der Waals surface area contributed by atoms with E-state index in [9.17, 15) is 4.21 Å². The summed E-state index contributed by atoms with van der Waals surface area (Å²) in [7, 11) is -0.758. The van der Waals surface area contributed by atoms with Crippen molar-refractivity contribution in [1.29, 1.82) is 5.26 Å². The Morgan fingerprint density at radius 3 is 2.50 bits per heavy atom. The van der Waals surface area contributed by atoms with Crippen LogP contribution >= 0.6 is 0 Å². The molecule has 0 bridgehead atoms. The van der Waals surface area contributed by atoms with E-state index in [2.05, 4.69) is 6.07 Å². The monoisotopic (exact) mass is 216 g/mol. The third-order valence-corrected chi connectivity index (χ3v) is 3.51. The molecule has 0 saturated heterocycles. The van der Waals surface area contributed by atoms with Crippen molar-refractivity contribution >= 4 is 10.8 Å². The summed E-state index contributed by atoms with van der Waals surface area (Å²) in [5.74, 6) is 1.32. The van der Waals surface area contributed by atoms with Crippen LogP contribution < -0.4 is 5.73 Å². The summed E-state index contributed by atoms with van der Waals surface area (Å²) in [5, 5.41) is 8.76. The van der Waals surface area contributed by atoms with E-state index in [1.807, 2.05) is 13.8 Å². The van der Waals surface area contributed by atoms with E-state index >= 15 is 0 Å². The molecule has 0 rings (SSSR count). The van der Waals surface area contributed by atoms with E-state index in [4.69, 9.17) is 11.0 Å². The Labute approximate surface area is 89.1 Å². The minimum atomic E-state index is -0.758. The van der Waals surface area contributed by atoms with Gasteiger partial charge in [-0.2, -0.15) is 5.26 Å². The highest BCUT2D eigenvalue weighted by molar-refractivity contribution is 7.84. The molecule has 82 valence electrons. The molecule has 0 aliphatic rings. The lowest BCUT2D eigenvalue weighted by molar-refractivity contribution is 0.432. The third-order valence-electron chi connectivity index (χ3n) is 2.07. The van der Waals surface area contributed by atoms with Gasteiger partial charge in [-0.3, -0.25) is 4.21 Å². The van der Waals surface area contributed by atoms with E-state index in [0.717, 1.165) is 25.0 Å². The minimum absolute atomic E-state index is 0.241. The molecule has 0 aliphatic heterocycles. The first-order valence-electron chi connectivity index (χ1n) is 4.98. The number of rotatable bonds is 7. The van der Waals surface area contributed by atoms with Crippen LogP contribution in [0.3, 0.4) is 0 Å². The highest BCUT2D eigenvalue weighted by Gasteiger charge is 2.15. The van der Waals surface area contributed by atoms with Gasteiger partial charge in [0.25, 0.3) is 0 Å². The second kappa shape index (κ2) is 6.97. The zero-order valence-electron chi connectivity index (χ0n) is 9.08. The first-order valence-corrected chi connectivity index (χ1v) is 6.47. The smallest absolute Gasteiger partial charge is 0.0683 e. The minimum Gasteiger partial charge on any atom is -0.330 e. The number of nitriles is 1. The summed E-state index contributed by atoms with van der Waals surface area (Å²) in [5.41, 5.74) is 5.05. The van der Waals surface area contributed by atoms with Gasteiger partial charge < -0.3 is 5.73 Å². The van der Waals surface area contributed by atoms with Gasteiger partial charge in [0.05, 0.1) is 11.5 Å². The molecule has 0 aromatic heterocycles. The van der Waals surface area contributed by atoms with E-state index in [1.165, 1.54) is 0 Å². The summed E-state index contributed by atoms with van der Waals surface area (Å²) in [6, 6.07) is 2.26. The van der Waals surface area contributed by atoms with E-state index < -0.39 is 10.8 Å². The van der Waals surface area contributed by atoms with Crippen LogP contribution in [0.5, 0.6) is 0 Å². The second-order valence-corrected chi connectivity index (χ2v) is 5.79. The molecule has 3 nitrogen and oxygen atoms in total. The molecule has 1 unspecified atom stereocenters. The van der Waals surface area contributed by atoms with Gasteiger partial charge in [-0.25, -0.2) is 0 Å². The van der Waals surface area contributed by atoms with Crippen molar-refractivity contribution in [2.75, 3.05) is 18.1 Å². The van der Waals surface area contributed by atoms with Crippen molar-refractivity contribution in [3.63, 3.8) is 0 Å². The van der Waals surface area contributed by atoms with Crippen LogP contribution in [0, 0.1) is 16.7 Å². The second-order valence-electron chi connectivity index (χ2n) is 4.09. The first kappa shape index (κ1) is 13.6. The Morgan fingerprint density at radius 2 is 2.00 bits per heavy atom. The summed E-state index contributed by atoms with van der Waals surface area (Å²) in [6.07, 6.45) is 2.78. The molecule has 0 aromatic rings. The number of unbranched alkanes of at least 4 members (excludes halogenated alkanes) is 1. The molecule has 0 aliphatic carbocycles. The zero-order valence-corrected chi connectivity index (χ0v) is 9.90. The highest BCUT2D eigenvalue weighted by atomic mass is 32.2. The Bertz CT molecular complexity index is 221. The normalized spacial score (nSPS) is 13.6. The maximum absolute atomic E-state index is 11.2. The summed E-state index contributed by atoms with van der Waals surface area (Å²) < 4.78 is 11.2. The van der Waals surface area contributed by atoms with Gasteiger partial charge in [0.2, 0.25) is 0 Å². The van der Waals surface area contributed by atoms with Gasteiger partial charge in [-0.15, -0.1) is 0 Å². The lowest BCUT2D eigenvalue weighted by Crippen LogP contribution is -2.13. The van der Waals surface area contributed by atoms with Crippen LogP contribution in [-0.4, -0.2) is 22.3 Å². The van der Waals surface area contributed by atoms with Crippen LogP contribution in [0.2, 0.25) is 0 Å². The maximum Gasteiger partial charge on any atom is 0.0683 e. The van der Waals surface area contributed by atoms with Crippen molar-refractivity contribution in [3.8, 4) is 6.07 Å². The number of nitrogens with zero attached hydrogens (tertiary/aromatic N) is 1. The molecule has 1 atom stereocenters. The van der Waals surface area contributed by atoms with Crippen molar-refractivity contribution < 1.29 is 4.21 Å². The Hall–Kier alpha value is -0.400. The van der Waals surface area contributed by atoms with Gasteiger partial charge in [-0.05, 0) is 26.7 Å². The fourth-order valence-electron chi connectivity index (χ4n) is 1.12. The van der Waals surface area contributed by atoms with Gasteiger partial charge in [0.15, 0.2) is 0 Å². The largest absolute Gasteiger partial charge is 0.330 e. The number of nitrogens with two attached hydrogens (primary N) is 1. The molecule has 2 N–H and O–H groups in total. The maximum atomic E-state index is 11.2. The van der Waals surface area contributed by atoms with Crippen molar-refractivity contribution in [3.05, 3.63) is 0 Å². The first-order chi connectivity index (χ1) is 6.52. The van der Waals surface area contributed by atoms with E-state index in [-0.39, 0.29) is 5.41 Å². The lowest BCUT2D eigenvalue weighted by Gasteiger charge is -2.13. The standard InChI is InChI=1S/C10H20N2OS/c1-10(2,9-12)5-3-4-7-14(13)8-6-11/h3-8,11H2,1-2H3. The van der Waals surface area contributed by atoms with Gasteiger partial charge in [0.1, 0.15) is 0 Å². The summed E-state index contributed by atoms with van der Waals surface area (Å²) in [4.78, 5) is 0. The molecule has 0 fully saturated rings. The highest BCUT2D eigenvalue weighted by Crippen LogP contribution is 2.21. The topological polar surface area (TPSA) is 66.9 Å². The van der Waals surface area contributed by atoms with Gasteiger partial charge in [-0.1, -0.05) is 6.42 Å². The average Bonchev–Trinajstić information content (AvgIpc) is 2.13. The SMILES string of the molecule is CC(C)(C#N)CCCCS(=O)CCN. The fraction of sp³-hybridized carbons (Fsp3) is 0.900. The van der Waals surface area contributed by atoms with Crippen molar-refractivity contribution in [1.82, 2.24) is 0 Å². The van der Waals surface area contributed by atoms with Crippen LogP contribution in [0.15, 0.2) is 0 Å². The molecule has 4 heteroatoms. The third kappa shape index (κ3) is 7.05. The molecular weight excluding hydrogens is 196 g/mol.